The number of aliphatic hydroxyl groups excluding tert-OH is 4. The summed E-state index contributed by atoms with van der Waals surface area (Å²) in [5.41, 5.74) is 0.584. The zero-order chi connectivity index (χ0) is 32.0. The summed E-state index contributed by atoms with van der Waals surface area (Å²) in [5, 5.41) is 41.7. The van der Waals surface area contributed by atoms with Gasteiger partial charge in [0.1, 0.15) is 6.10 Å². The van der Waals surface area contributed by atoms with Crippen molar-refractivity contribution in [3.05, 3.63) is 11.6 Å². The van der Waals surface area contributed by atoms with Crippen LogP contribution in [0.15, 0.2) is 11.6 Å². The van der Waals surface area contributed by atoms with Gasteiger partial charge in [-0.3, -0.25) is 0 Å². The monoisotopic (exact) mass is 624 g/mol. The Balaban J connectivity index is 1.38. The molecule has 0 bridgehead atoms. The summed E-state index contributed by atoms with van der Waals surface area (Å²) < 4.78 is 11.1. The molecule has 0 aromatic heterocycles. The fourth-order valence-corrected chi connectivity index (χ4v) is 6.77. The lowest BCUT2D eigenvalue weighted by Crippen LogP contribution is -2.31. The third-order valence-electron chi connectivity index (χ3n) is 9.61. The van der Waals surface area contributed by atoms with E-state index in [9.17, 15) is 25.2 Å². The average Bonchev–Trinajstić information content (AvgIpc) is 3.61. The third-order valence-corrected chi connectivity index (χ3v) is 9.61. The Kier molecular flexibility index (Phi) is 21.6. The van der Waals surface area contributed by atoms with Gasteiger partial charge >= 0.3 is 5.97 Å². The van der Waals surface area contributed by atoms with Crippen molar-refractivity contribution in [1.29, 1.82) is 0 Å². The van der Waals surface area contributed by atoms with E-state index in [0.717, 1.165) is 89.9 Å². The lowest BCUT2D eigenvalue weighted by atomic mass is 9.99. The number of ether oxygens (including phenoxy) is 2. The molecule has 2 rings (SSSR count). The van der Waals surface area contributed by atoms with Gasteiger partial charge in [-0.1, -0.05) is 116 Å². The Bertz CT molecular complexity index is 756. The van der Waals surface area contributed by atoms with E-state index >= 15 is 0 Å². The first kappa shape index (κ1) is 39.2. The lowest BCUT2D eigenvalue weighted by Gasteiger charge is -2.22. The molecule has 2 heterocycles. The molecule has 0 aromatic carbocycles. The highest BCUT2D eigenvalue weighted by molar-refractivity contribution is 5.90. The zero-order valence-corrected chi connectivity index (χ0v) is 28.3. The lowest BCUT2D eigenvalue weighted by molar-refractivity contribution is -0.139. The molecule has 258 valence electrons. The molecule has 1 saturated heterocycles. The van der Waals surface area contributed by atoms with E-state index in [1.165, 1.54) is 57.8 Å². The standard InChI is InChI=1S/C37H68O7/c1-3-4-5-6-7-8-9-10-11-18-23-33(40)35-25-26-36(44-35)34(41)24-19-13-12-15-20-31(38)21-16-14-17-22-32(39)28-30-27-29(2)43-37(30)42/h27,29,31-36,38-41H,3-26,28H2,1-2H3/t29-,31+,32+,33+,34+,35+,36+/m0/s1. The Labute approximate surface area is 269 Å². The van der Waals surface area contributed by atoms with E-state index in [0.29, 0.717) is 18.4 Å². The Morgan fingerprint density at radius 3 is 1.50 bits per heavy atom. The van der Waals surface area contributed by atoms with Crippen LogP contribution >= 0.6 is 0 Å². The average molecular weight is 625 g/mol. The van der Waals surface area contributed by atoms with Crippen LogP contribution in [0.2, 0.25) is 0 Å². The van der Waals surface area contributed by atoms with Crippen LogP contribution in [-0.4, -0.2) is 69.1 Å². The van der Waals surface area contributed by atoms with E-state index in [-0.39, 0.29) is 30.4 Å². The molecule has 0 unspecified atom stereocenters. The van der Waals surface area contributed by atoms with Crippen LogP contribution in [0.25, 0.3) is 0 Å². The number of cyclic esters (lactones) is 1. The van der Waals surface area contributed by atoms with Crippen molar-refractivity contribution < 1.29 is 34.7 Å². The number of hydrogen-bond acceptors (Lipinski definition) is 7. The van der Waals surface area contributed by atoms with Gasteiger partial charge in [0.05, 0.1) is 36.6 Å². The quantitative estimate of drug-likeness (QED) is 0.0518. The van der Waals surface area contributed by atoms with E-state index < -0.39 is 18.3 Å². The van der Waals surface area contributed by atoms with Crippen molar-refractivity contribution >= 4 is 5.97 Å². The minimum atomic E-state index is -0.519. The van der Waals surface area contributed by atoms with Crippen molar-refractivity contribution in [2.75, 3.05) is 0 Å². The van der Waals surface area contributed by atoms with Gasteiger partial charge in [0.15, 0.2) is 0 Å². The first-order chi connectivity index (χ1) is 21.3. The van der Waals surface area contributed by atoms with Gasteiger partial charge in [0.25, 0.3) is 0 Å². The van der Waals surface area contributed by atoms with E-state index in [2.05, 4.69) is 6.92 Å². The van der Waals surface area contributed by atoms with Crippen molar-refractivity contribution in [2.24, 2.45) is 0 Å². The smallest absolute Gasteiger partial charge is 0.334 e. The SMILES string of the molecule is CCCCCCCCCCCC[C@@H](O)[C@H]1CC[C@H]([C@H](O)CCCCCC[C@@H](O)CCCCC[C@@H](O)CC2=C[C@H](C)OC2=O)O1. The van der Waals surface area contributed by atoms with Crippen LogP contribution in [-0.2, 0) is 14.3 Å². The number of unbranched alkanes of at least 4 members (excludes halogenated alkanes) is 14. The molecule has 1 fully saturated rings. The predicted octanol–water partition coefficient (Wildman–Crippen LogP) is 7.84. The van der Waals surface area contributed by atoms with Crippen molar-refractivity contribution in [3.63, 3.8) is 0 Å². The number of carbonyl (C=O) groups excluding carboxylic acids is 1. The van der Waals surface area contributed by atoms with Gasteiger partial charge < -0.3 is 29.9 Å². The zero-order valence-electron chi connectivity index (χ0n) is 28.3. The fraction of sp³-hybridized carbons (Fsp3) is 0.919. The molecule has 7 nitrogen and oxygen atoms in total. The van der Waals surface area contributed by atoms with Crippen LogP contribution in [0.3, 0.4) is 0 Å². The van der Waals surface area contributed by atoms with Crippen molar-refractivity contribution in [3.8, 4) is 0 Å². The maximum absolute atomic E-state index is 11.7. The summed E-state index contributed by atoms with van der Waals surface area (Å²) in [6.45, 7) is 4.08. The molecule has 7 atom stereocenters. The topological polar surface area (TPSA) is 116 Å². The van der Waals surface area contributed by atoms with Crippen LogP contribution in [0, 0.1) is 0 Å². The number of hydrogen-bond donors (Lipinski definition) is 4. The molecule has 0 amide bonds. The first-order valence-corrected chi connectivity index (χ1v) is 18.6. The van der Waals surface area contributed by atoms with Gasteiger partial charge in [-0.2, -0.15) is 0 Å². The minimum absolute atomic E-state index is 0.126. The molecule has 44 heavy (non-hydrogen) atoms. The number of rotatable bonds is 28. The minimum Gasteiger partial charge on any atom is -0.455 e. The molecule has 2 aliphatic heterocycles. The summed E-state index contributed by atoms with van der Waals surface area (Å²) in [5.74, 6) is -0.308. The molecule has 0 saturated carbocycles. The van der Waals surface area contributed by atoms with E-state index in [1.54, 1.807) is 6.08 Å². The van der Waals surface area contributed by atoms with Crippen molar-refractivity contribution in [2.45, 2.75) is 217 Å². The van der Waals surface area contributed by atoms with Gasteiger partial charge in [0.2, 0.25) is 0 Å². The molecular formula is C37H68O7. The van der Waals surface area contributed by atoms with E-state index in [4.69, 9.17) is 9.47 Å². The second-order valence-electron chi connectivity index (χ2n) is 13.8. The summed E-state index contributed by atoms with van der Waals surface area (Å²) in [6.07, 6.45) is 25.3. The van der Waals surface area contributed by atoms with Gasteiger partial charge in [-0.25, -0.2) is 4.79 Å². The number of aliphatic hydroxyl groups is 4. The maximum Gasteiger partial charge on any atom is 0.334 e. The van der Waals surface area contributed by atoms with E-state index in [1.807, 2.05) is 6.92 Å². The normalized spacial score (nSPS) is 23.0. The highest BCUT2D eigenvalue weighted by Crippen LogP contribution is 2.28. The largest absolute Gasteiger partial charge is 0.455 e. The Morgan fingerprint density at radius 2 is 1.05 bits per heavy atom. The highest BCUT2D eigenvalue weighted by Gasteiger charge is 2.34. The van der Waals surface area contributed by atoms with Crippen molar-refractivity contribution in [1.82, 2.24) is 0 Å². The number of carbonyl (C=O) groups is 1. The van der Waals surface area contributed by atoms with Crippen LogP contribution in [0.4, 0.5) is 0 Å². The highest BCUT2D eigenvalue weighted by atomic mass is 16.5. The summed E-state index contributed by atoms with van der Waals surface area (Å²) in [7, 11) is 0. The van der Waals surface area contributed by atoms with Gasteiger partial charge in [0, 0.05) is 12.0 Å². The van der Waals surface area contributed by atoms with Gasteiger partial charge in [-0.05, 0) is 57.9 Å². The molecule has 0 radical (unpaired) electrons. The molecule has 0 spiro atoms. The summed E-state index contributed by atoms with van der Waals surface area (Å²) >= 11 is 0. The second kappa shape index (κ2) is 24.2. The summed E-state index contributed by atoms with van der Waals surface area (Å²) in [4.78, 5) is 11.7. The van der Waals surface area contributed by atoms with Crippen LogP contribution in [0.5, 0.6) is 0 Å². The maximum atomic E-state index is 11.7. The summed E-state index contributed by atoms with van der Waals surface area (Å²) in [6, 6.07) is 0. The van der Waals surface area contributed by atoms with Crippen LogP contribution in [0.1, 0.15) is 174 Å². The third kappa shape index (κ3) is 17.6. The second-order valence-corrected chi connectivity index (χ2v) is 13.8. The molecule has 4 N–H and O–H groups in total. The molecule has 0 aromatic rings. The number of esters is 1. The molecular weight excluding hydrogens is 556 g/mol. The fourth-order valence-electron chi connectivity index (χ4n) is 6.77. The first-order valence-electron chi connectivity index (χ1n) is 18.6. The molecule has 2 aliphatic rings. The molecule has 7 heteroatoms. The van der Waals surface area contributed by atoms with Crippen LogP contribution < -0.4 is 0 Å². The predicted molar refractivity (Wildman–Crippen MR) is 177 cm³/mol. The van der Waals surface area contributed by atoms with Gasteiger partial charge in [-0.15, -0.1) is 0 Å². The molecule has 0 aliphatic carbocycles. The Morgan fingerprint density at radius 1 is 0.636 bits per heavy atom. The Hall–Kier alpha value is -0.990.